The maximum Gasteiger partial charge on any atom is 0.308 e. The predicted molar refractivity (Wildman–Crippen MR) is 69.3 cm³/mol. The Morgan fingerprint density at radius 3 is 3.00 bits per heavy atom. The first-order valence-electron chi connectivity index (χ1n) is 6.15. The summed E-state index contributed by atoms with van der Waals surface area (Å²) < 4.78 is 0. The van der Waals surface area contributed by atoms with Gasteiger partial charge in [0.05, 0.1) is 5.92 Å². The van der Waals surface area contributed by atoms with Gasteiger partial charge in [0.15, 0.2) is 0 Å². The first-order chi connectivity index (χ1) is 8.66. The van der Waals surface area contributed by atoms with E-state index in [1.165, 1.54) is 10.9 Å². The number of aromatic nitrogens is 1. The SMILES string of the molecule is CN(Cc1c[nH]c2ccccc12)C1CC1C(=O)O. The minimum atomic E-state index is -0.675. The van der Waals surface area contributed by atoms with E-state index in [4.69, 9.17) is 5.11 Å². The summed E-state index contributed by atoms with van der Waals surface area (Å²) >= 11 is 0. The minimum Gasteiger partial charge on any atom is -0.481 e. The molecule has 3 rings (SSSR count). The van der Waals surface area contributed by atoms with Crippen molar-refractivity contribution in [3.63, 3.8) is 0 Å². The van der Waals surface area contributed by atoms with Crippen LogP contribution in [0, 0.1) is 5.92 Å². The maximum atomic E-state index is 10.9. The number of benzene rings is 1. The largest absolute Gasteiger partial charge is 0.481 e. The van der Waals surface area contributed by atoms with E-state index < -0.39 is 5.97 Å². The van der Waals surface area contributed by atoms with Crippen molar-refractivity contribution in [2.24, 2.45) is 5.92 Å². The zero-order chi connectivity index (χ0) is 12.7. The van der Waals surface area contributed by atoms with Crippen LogP contribution in [0.2, 0.25) is 0 Å². The molecule has 1 saturated carbocycles. The van der Waals surface area contributed by atoms with Gasteiger partial charge in [-0.2, -0.15) is 0 Å². The highest BCUT2D eigenvalue weighted by Gasteiger charge is 2.45. The van der Waals surface area contributed by atoms with Crippen molar-refractivity contribution < 1.29 is 9.90 Å². The van der Waals surface area contributed by atoms with Gasteiger partial charge in [0, 0.05) is 29.7 Å². The number of fused-ring (bicyclic) bond motifs is 1. The van der Waals surface area contributed by atoms with E-state index in [9.17, 15) is 4.79 Å². The molecule has 18 heavy (non-hydrogen) atoms. The molecule has 0 radical (unpaired) electrons. The fourth-order valence-corrected chi connectivity index (χ4v) is 2.58. The van der Waals surface area contributed by atoms with Crippen LogP contribution in [-0.2, 0) is 11.3 Å². The number of aliphatic carboxylic acids is 1. The summed E-state index contributed by atoms with van der Waals surface area (Å²) in [5.74, 6) is -0.856. The van der Waals surface area contributed by atoms with E-state index >= 15 is 0 Å². The van der Waals surface area contributed by atoms with Gasteiger partial charge in [-0.25, -0.2) is 0 Å². The number of para-hydroxylation sites is 1. The molecule has 0 spiro atoms. The number of hydrogen-bond donors (Lipinski definition) is 2. The van der Waals surface area contributed by atoms with Gasteiger partial charge in [-0.1, -0.05) is 18.2 Å². The van der Waals surface area contributed by atoms with E-state index in [1.54, 1.807) is 0 Å². The van der Waals surface area contributed by atoms with E-state index in [0.717, 1.165) is 18.5 Å². The van der Waals surface area contributed by atoms with E-state index in [-0.39, 0.29) is 12.0 Å². The molecule has 0 aliphatic heterocycles. The average Bonchev–Trinajstić information content (AvgIpc) is 3.08. The van der Waals surface area contributed by atoms with Crippen molar-refractivity contribution in [2.45, 2.75) is 19.0 Å². The molecule has 0 bridgehead atoms. The lowest BCUT2D eigenvalue weighted by Crippen LogP contribution is -2.23. The van der Waals surface area contributed by atoms with Crippen LogP contribution in [-0.4, -0.2) is 34.0 Å². The zero-order valence-corrected chi connectivity index (χ0v) is 10.3. The highest BCUT2D eigenvalue weighted by Crippen LogP contribution is 2.36. The number of H-pyrrole nitrogens is 1. The normalized spacial score (nSPS) is 22.6. The Balaban J connectivity index is 1.75. The van der Waals surface area contributed by atoms with E-state index in [1.807, 2.05) is 25.4 Å². The Labute approximate surface area is 105 Å². The van der Waals surface area contributed by atoms with Crippen LogP contribution in [0.3, 0.4) is 0 Å². The summed E-state index contributed by atoms with van der Waals surface area (Å²) in [7, 11) is 2.00. The van der Waals surface area contributed by atoms with Gasteiger partial charge in [0.1, 0.15) is 0 Å². The van der Waals surface area contributed by atoms with Gasteiger partial charge in [-0.05, 0) is 25.1 Å². The molecule has 1 fully saturated rings. The van der Waals surface area contributed by atoms with Gasteiger partial charge < -0.3 is 10.1 Å². The fraction of sp³-hybridized carbons (Fsp3) is 0.357. The van der Waals surface area contributed by atoms with Crippen molar-refractivity contribution in [3.05, 3.63) is 36.0 Å². The fourth-order valence-electron chi connectivity index (χ4n) is 2.58. The quantitative estimate of drug-likeness (QED) is 0.865. The molecule has 0 amide bonds. The topological polar surface area (TPSA) is 56.3 Å². The van der Waals surface area contributed by atoms with Gasteiger partial charge in [-0.3, -0.25) is 9.69 Å². The van der Waals surface area contributed by atoms with Crippen LogP contribution in [0.25, 0.3) is 10.9 Å². The Morgan fingerprint density at radius 2 is 2.28 bits per heavy atom. The second-order valence-corrected chi connectivity index (χ2v) is 5.02. The molecule has 2 aromatic rings. The number of carboxylic acid groups (broad SMARTS) is 1. The van der Waals surface area contributed by atoms with Crippen molar-refractivity contribution >= 4 is 16.9 Å². The second kappa shape index (κ2) is 4.14. The monoisotopic (exact) mass is 244 g/mol. The average molecular weight is 244 g/mol. The van der Waals surface area contributed by atoms with Crippen LogP contribution in [0.15, 0.2) is 30.5 Å². The number of nitrogens with one attached hydrogen (secondary N) is 1. The first-order valence-corrected chi connectivity index (χ1v) is 6.15. The summed E-state index contributed by atoms with van der Waals surface area (Å²) in [6.45, 7) is 0.790. The van der Waals surface area contributed by atoms with Crippen LogP contribution < -0.4 is 0 Å². The van der Waals surface area contributed by atoms with Crippen molar-refractivity contribution in [1.82, 2.24) is 9.88 Å². The molecule has 1 aromatic carbocycles. The number of rotatable bonds is 4. The van der Waals surface area contributed by atoms with Gasteiger partial charge in [0.25, 0.3) is 0 Å². The van der Waals surface area contributed by atoms with E-state index in [2.05, 4.69) is 22.0 Å². The summed E-state index contributed by atoms with van der Waals surface area (Å²) in [6.07, 6.45) is 2.79. The molecule has 1 aliphatic rings. The Hall–Kier alpha value is -1.81. The van der Waals surface area contributed by atoms with Gasteiger partial charge >= 0.3 is 5.97 Å². The first kappa shape index (κ1) is 11.3. The molecule has 0 saturated heterocycles. The highest BCUT2D eigenvalue weighted by molar-refractivity contribution is 5.83. The molecule has 1 aromatic heterocycles. The lowest BCUT2D eigenvalue weighted by atomic mass is 10.1. The molecule has 94 valence electrons. The molecular formula is C14H16N2O2. The molecule has 1 aliphatic carbocycles. The van der Waals surface area contributed by atoms with Crippen molar-refractivity contribution in [1.29, 1.82) is 0 Å². The molecule has 4 heteroatoms. The summed E-state index contributed by atoms with van der Waals surface area (Å²) in [6, 6.07) is 8.37. The summed E-state index contributed by atoms with van der Waals surface area (Å²) in [5.41, 5.74) is 2.36. The smallest absolute Gasteiger partial charge is 0.308 e. The third-order valence-corrected chi connectivity index (χ3v) is 3.73. The van der Waals surface area contributed by atoms with Crippen LogP contribution in [0.1, 0.15) is 12.0 Å². The number of nitrogens with zero attached hydrogens (tertiary/aromatic N) is 1. The molecule has 2 atom stereocenters. The number of carbonyl (C=O) groups is 1. The Bertz CT molecular complexity index is 590. The summed E-state index contributed by atoms with van der Waals surface area (Å²) in [4.78, 5) is 16.2. The number of carboxylic acids is 1. The van der Waals surface area contributed by atoms with Crippen molar-refractivity contribution in [3.8, 4) is 0 Å². The molecule has 2 N–H and O–H groups in total. The molecule has 1 heterocycles. The Kier molecular flexibility index (Phi) is 2.59. The van der Waals surface area contributed by atoms with E-state index in [0.29, 0.717) is 0 Å². The molecule has 2 unspecified atom stereocenters. The molecule has 4 nitrogen and oxygen atoms in total. The highest BCUT2D eigenvalue weighted by atomic mass is 16.4. The molecular weight excluding hydrogens is 228 g/mol. The van der Waals surface area contributed by atoms with Gasteiger partial charge in [0.2, 0.25) is 0 Å². The van der Waals surface area contributed by atoms with Crippen molar-refractivity contribution in [2.75, 3.05) is 7.05 Å². The number of aromatic amines is 1. The lowest BCUT2D eigenvalue weighted by Gasteiger charge is -2.15. The third kappa shape index (κ3) is 1.88. The van der Waals surface area contributed by atoms with Gasteiger partial charge in [-0.15, -0.1) is 0 Å². The zero-order valence-electron chi connectivity index (χ0n) is 10.3. The summed E-state index contributed by atoms with van der Waals surface area (Å²) in [5, 5.41) is 10.2. The lowest BCUT2D eigenvalue weighted by molar-refractivity contribution is -0.138. The standard InChI is InChI=1S/C14H16N2O2/c1-16(13-6-11(13)14(17)18)8-9-7-15-12-5-3-2-4-10(9)12/h2-5,7,11,13,15H,6,8H2,1H3,(H,17,18). The van der Waals surface area contributed by atoms with Crippen LogP contribution >= 0.6 is 0 Å². The Morgan fingerprint density at radius 1 is 1.50 bits per heavy atom. The number of hydrogen-bond acceptors (Lipinski definition) is 2. The second-order valence-electron chi connectivity index (χ2n) is 5.02. The predicted octanol–water partition coefficient (Wildman–Crippen LogP) is 2.07. The third-order valence-electron chi connectivity index (χ3n) is 3.73. The minimum absolute atomic E-state index is 0.180. The maximum absolute atomic E-state index is 10.9. The van der Waals surface area contributed by atoms with Crippen LogP contribution in [0.4, 0.5) is 0 Å². The van der Waals surface area contributed by atoms with Crippen LogP contribution in [0.5, 0.6) is 0 Å².